The second-order valence-electron chi connectivity index (χ2n) is 4.88. The molecule has 0 saturated carbocycles. The fourth-order valence-corrected chi connectivity index (χ4v) is 2.29. The maximum atomic E-state index is 12.4. The number of nitrogens with zero attached hydrogens (tertiary/aromatic N) is 2. The molecule has 2 rings (SSSR count). The predicted octanol–water partition coefficient (Wildman–Crippen LogP) is 0.234. The molecule has 1 aliphatic carbocycles. The topological polar surface area (TPSA) is 92.1 Å². The van der Waals surface area contributed by atoms with E-state index in [9.17, 15) is 9.59 Å². The van der Waals surface area contributed by atoms with Crippen LogP contribution in [0.2, 0.25) is 0 Å². The van der Waals surface area contributed by atoms with Crippen molar-refractivity contribution in [3.63, 3.8) is 0 Å². The third-order valence-corrected chi connectivity index (χ3v) is 3.22. The normalized spacial score (nSPS) is 13.7. The lowest BCUT2D eigenvalue weighted by atomic mass is 10.1. The van der Waals surface area contributed by atoms with E-state index < -0.39 is 5.91 Å². The van der Waals surface area contributed by atoms with Crippen LogP contribution in [0.1, 0.15) is 42.0 Å². The summed E-state index contributed by atoms with van der Waals surface area (Å²) in [5, 5.41) is 6.98. The number of aryl methyl sites for hydroxylation is 1. The molecule has 1 aromatic rings. The first-order valence-electron chi connectivity index (χ1n) is 6.16. The van der Waals surface area contributed by atoms with Gasteiger partial charge in [-0.2, -0.15) is 5.10 Å². The second kappa shape index (κ2) is 4.80. The molecule has 1 aliphatic rings. The fraction of sp³-hybridized carbons (Fsp3) is 0.583. The molecule has 0 saturated heterocycles. The molecule has 6 nitrogen and oxygen atoms in total. The second-order valence-corrected chi connectivity index (χ2v) is 4.88. The Kier molecular flexibility index (Phi) is 3.36. The summed E-state index contributed by atoms with van der Waals surface area (Å²) in [4.78, 5) is 24.9. The molecule has 2 amide bonds. The third-order valence-electron chi connectivity index (χ3n) is 3.22. The Morgan fingerprint density at radius 1 is 1.44 bits per heavy atom. The number of carbonyl (C=O) groups is 2. The van der Waals surface area contributed by atoms with Crippen molar-refractivity contribution in [3.8, 4) is 0 Å². The van der Waals surface area contributed by atoms with Gasteiger partial charge in [0.1, 0.15) is 0 Å². The van der Waals surface area contributed by atoms with Gasteiger partial charge in [-0.1, -0.05) is 0 Å². The SMILES string of the molecule is CC(C)N(CC(N)=O)C(=O)c1n[nH]c2c1CCC2. The van der Waals surface area contributed by atoms with Gasteiger partial charge in [-0.15, -0.1) is 0 Å². The van der Waals surface area contributed by atoms with Gasteiger partial charge >= 0.3 is 0 Å². The number of nitrogens with two attached hydrogens (primary N) is 1. The van der Waals surface area contributed by atoms with Crippen LogP contribution in [-0.2, 0) is 17.6 Å². The van der Waals surface area contributed by atoms with Gasteiger partial charge in [-0.25, -0.2) is 0 Å². The van der Waals surface area contributed by atoms with Crippen molar-refractivity contribution in [3.05, 3.63) is 17.0 Å². The highest BCUT2D eigenvalue weighted by molar-refractivity contribution is 5.96. The highest BCUT2D eigenvalue weighted by Gasteiger charge is 2.28. The highest BCUT2D eigenvalue weighted by atomic mass is 16.2. The van der Waals surface area contributed by atoms with E-state index in [1.165, 1.54) is 4.90 Å². The maximum Gasteiger partial charge on any atom is 0.275 e. The van der Waals surface area contributed by atoms with Crippen LogP contribution in [0.15, 0.2) is 0 Å². The Labute approximate surface area is 106 Å². The zero-order chi connectivity index (χ0) is 13.3. The molecule has 98 valence electrons. The lowest BCUT2D eigenvalue weighted by Crippen LogP contribution is -2.43. The number of rotatable bonds is 4. The van der Waals surface area contributed by atoms with E-state index in [0.717, 1.165) is 30.5 Å². The predicted molar refractivity (Wildman–Crippen MR) is 66.0 cm³/mol. The van der Waals surface area contributed by atoms with Gasteiger partial charge < -0.3 is 10.6 Å². The van der Waals surface area contributed by atoms with Crippen LogP contribution in [0, 0.1) is 0 Å². The van der Waals surface area contributed by atoms with Crippen LogP contribution in [0.3, 0.4) is 0 Å². The number of hydrogen-bond donors (Lipinski definition) is 2. The van der Waals surface area contributed by atoms with Gasteiger partial charge in [0.25, 0.3) is 5.91 Å². The van der Waals surface area contributed by atoms with Crippen LogP contribution in [0.25, 0.3) is 0 Å². The summed E-state index contributed by atoms with van der Waals surface area (Å²) in [7, 11) is 0. The average molecular weight is 250 g/mol. The van der Waals surface area contributed by atoms with Gasteiger partial charge in [0.15, 0.2) is 5.69 Å². The average Bonchev–Trinajstić information content (AvgIpc) is 2.85. The zero-order valence-corrected chi connectivity index (χ0v) is 10.7. The first-order chi connectivity index (χ1) is 8.50. The van der Waals surface area contributed by atoms with Crippen LogP contribution >= 0.6 is 0 Å². The number of primary amides is 1. The van der Waals surface area contributed by atoms with Gasteiger partial charge in [0.2, 0.25) is 5.91 Å². The Morgan fingerprint density at radius 2 is 2.17 bits per heavy atom. The van der Waals surface area contributed by atoms with Crippen LogP contribution in [-0.4, -0.2) is 39.5 Å². The van der Waals surface area contributed by atoms with Gasteiger partial charge in [-0.05, 0) is 33.1 Å². The zero-order valence-electron chi connectivity index (χ0n) is 10.7. The summed E-state index contributed by atoms with van der Waals surface area (Å²) in [6.45, 7) is 3.64. The van der Waals surface area contributed by atoms with Gasteiger partial charge in [-0.3, -0.25) is 14.7 Å². The number of H-pyrrole nitrogens is 1. The minimum atomic E-state index is -0.510. The van der Waals surface area contributed by atoms with Crippen molar-refractivity contribution in [2.75, 3.05) is 6.54 Å². The molecule has 0 atom stereocenters. The summed E-state index contributed by atoms with van der Waals surface area (Å²) in [5.41, 5.74) is 7.65. The van der Waals surface area contributed by atoms with Crippen molar-refractivity contribution < 1.29 is 9.59 Å². The first-order valence-corrected chi connectivity index (χ1v) is 6.16. The van der Waals surface area contributed by atoms with E-state index in [0.29, 0.717) is 5.69 Å². The Bertz CT molecular complexity index is 478. The molecule has 1 aromatic heterocycles. The molecule has 0 unspecified atom stereocenters. The van der Waals surface area contributed by atoms with E-state index in [-0.39, 0.29) is 18.5 Å². The summed E-state index contributed by atoms with van der Waals surface area (Å²) < 4.78 is 0. The molecule has 18 heavy (non-hydrogen) atoms. The quantitative estimate of drug-likeness (QED) is 0.801. The summed E-state index contributed by atoms with van der Waals surface area (Å²) in [6.07, 6.45) is 2.85. The number of aromatic amines is 1. The summed E-state index contributed by atoms with van der Waals surface area (Å²) >= 11 is 0. The largest absolute Gasteiger partial charge is 0.368 e. The lowest BCUT2D eigenvalue weighted by molar-refractivity contribution is -0.119. The standard InChI is InChI=1S/C12H18N4O2/c1-7(2)16(6-10(13)17)12(18)11-8-4-3-5-9(8)14-15-11/h7H,3-6H2,1-2H3,(H2,13,17)(H,14,15). The van der Waals surface area contributed by atoms with Gasteiger partial charge in [0, 0.05) is 17.3 Å². The summed E-state index contributed by atoms with van der Waals surface area (Å²) in [6, 6.07) is -0.0845. The number of fused-ring (bicyclic) bond motifs is 1. The summed E-state index contributed by atoms with van der Waals surface area (Å²) in [5.74, 6) is -0.729. The number of carbonyl (C=O) groups excluding carboxylic acids is 2. The molecule has 1 heterocycles. The number of nitrogens with one attached hydrogen (secondary N) is 1. The number of aromatic nitrogens is 2. The minimum Gasteiger partial charge on any atom is -0.368 e. The molecule has 0 aromatic carbocycles. The highest BCUT2D eigenvalue weighted by Crippen LogP contribution is 2.24. The molecule has 0 spiro atoms. The Morgan fingerprint density at radius 3 is 2.78 bits per heavy atom. The van der Waals surface area contributed by atoms with E-state index >= 15 is 0 Å². The molecule has 6 heteroatoms. The van der Waals surface area contributed by atoms with E-state index in [1.807, 2.05) is 13.8 Å². The first kappa shape index (κ1) is 12.6. The van der Waals surface area contributed by atoms with Crippen molar-refractivity contribution in [2.24, 2.45) is 5.73 Å². The van der Waals surface area contributed by atoms with E-state index in [2.05, 4.69) is 10.2 Å². The lowest BCUT2D eigenvalue weighted by Gasteiger charge is -2.24. The Balaban J connectivity index is 2.25. The van der Waals surface area contributed by atoms with Crippen LogP contribution in [0.4, 0.5) is 0 Å². The monoisotopic (exact) mass is 250 g/mol. The number of hydrogen-bond acceptors (Lipinski definition) is 3. The maximum absolute atomic E-state index is 12.4. The molecule has 0 radical (unpaired) electrons. The molecule has 0 bridgehead atoms. The molecular formula is C12H18N4O2. The van der Waals surface area contributed by atoms with E-state index in [4.69, 9.17) is 5.73 Å². The smallest absolute Gasteiger partial charge is 0.275 e. The van der Waals surface area contributed by atoms with E-state index in [1.54, 1.807) is 0 Å². The van der Waals surface area contributed by atoms with Crippen molar-refractivity contribution in [1.29, 1.82) is 0 Å². The van der Waals surface area contributed by atoms with Crippen molar-refractivity contribution >= 4 is 11.8 Å². The van der Waals surface area contributed by atoms with Crippen LogP contribution in [0.5, 0.6) is 0 Å². The minimum absolute atomic E-state index is 0.0713. The fourth-order valence-electron chi connectivity index (χ4n) is 2.29. The van der Waals surface area contributed by atoms with Crippen molar-refractivity contribution in [2.45, 2.75) is 39.2 Å². The molecule has 3 N–H and O–H groups in total. The molecule has 0 fully saturated rings. The van der Waals surface area contributed by atoms with Gasteiger partial charge in [0.05, 0.1) is 6.54 Å². The van der Waals surface area contributed by atoms with Crippen molar-refractivity contribution in [1.82, 2.24) is 15.1 Å². The van der Waals surface area contributed by atoms with Crippen LogP contribution < -0.4 is 5.73 Å². The Hall–Kier alpha value is -1.85. The third kappa shape index (κ3) is 2.23. The molecule has 0 aliphatic heterocycles. The molecular weight excluding hydrogens is 232 g/mol. The number of amides is 2.